The van der Waals surface area contributed by atoms with E-state index in [0.29, 0.717) is 5.75 Å². The number of hydrogen-bond acceptors (Lipinski definition) is 3. The van der Waals surface area contributed by atoms with Crippen molar-refractivity contribution in [3.63, 3.8) is 0 Å². The molecule has 0 aliphatic carbocycles. The van der Waals surface area contributed by atoms with Crippen molar-refractivity contribution in [2.75, 3.05) is 0 Å². The number of ether oxygens (including phenoxy) is 1. The highest BCUT2D eigenvalue weighted by atomic mass is 16.5. The topological polar surface area (TPSA) is 59.2 Å². The molecule has 0 spiro atoms. The third-order valence-electron chi connectivity index (χ3n) is 4.03. The zero-order valence-corrected chi connectivity index (χ0v) is 13.9. The summed E-state index contributed by atoms with van der Waals surface area (Å²) in [5.41, 5.74) is 4.44. The minimum atomic E-state index is -0.905. The van der Waals surface area contributed by atoms with E-state index in [4.69, 9.17) is 4.74 Å². The number of aromatic nitrogens is 1. The molecule has 122 valence electrons. The molecule has 1 heterocycles. The second kappa shape index (κ2) is 5.96. The lowest BCUT2D eigenvalue weighted by Gasteiger charge is -2.19. The summed E-state index contributed by atoms with van der Waals surface area (Å²) in [6, 6.07) is 14.4. The van der Waals surface area contributed by atoms with Crippen LogP contribution in [-0.4, -0.2) is 17.2 Å². The number of carbonyl (C=O) groups excluding carboxylic acids is 2. The Hall–Kier alpha value is -2.88. The Bertz CT molecular complexity index is 899. The van der Waals surface area contributed by atoms with E-state index in [2.05, 4.69) is 50.0 Å². The second-order valence-corrected chi connectivity index (χ2v) is 6.78. The van der Waals surface area contributed by atoms with Crippen LogP contribution in [0.3, 0.4) is 0 Å². The maximum absolute atomic E-state index is 11.1. The van der Waals surface area contributed by atoms with Crippen LogP contribution in [0, 0.1) is 0 Å². The zero-order valence-electron chi connectivity index (χ0n) is 13.9. The summed E-state index contributed by atoms with van der Waals surface area (Å²) in [6.45, 7) is 6.57. The highest BCUT2D eigenvalue weighted by Crippen LogP contribution is 2.31. The van der Waals surface area contributed by atoms with E-state index in [1.165, 1.54) is 5.56 Å². The molecule has 0 saturated carbocycles. The van der Waals surface area contributed by atoms with E-state index in [0.717, 1.165) is 22.0 Å². The van der Waals surface area contributed by atoms with Gasteiger partial charge in [-0.25, -0.2) is 4.79 Å². The predicted octanol–water partition coefficient (Wildman–Crippen LogP) is 4.24. The van der Waals surface area contributed by atoms with Crippen molar-refractivity contribution >= 4 is 23.2 Å². The average Bonchev–Trinajstić information content (AvgIpc) is 2.96. The maximum Gasteiger partial charge on any atom is 0.376 e. The number of esters is 1. The molecule has 24 heavy (non-hydrogen) atoms. The van der Waals surface area contributed by atoms with Crippen LogP contribution in [0.5, 0.6) is 5.75 Å². The van der Waals surface area contributed by atoms with Crippen molar-refractivity contribution in [2.24, 2.45) is 0 Å². The van der Waals surface area contributed by atoms with Gasteiger partial charge in [0, 0.05) is 17.1 Å². The molecule has 0 aliphatic heterocycles. The van der Waals surface area contributed by atoms with E-state index < -0.39 is 5.97 Å². The first-order valence-electron chi connectivity index (χ1n) is 7.77. The molecule has 4 heteroatoms. The molecule has 0 atom stereocenters. The third kappa shape index (κ3) is 3.08. The number of aldehydes is 1. The first-order valence-corrected chi connectivity index (χ1v) is 7.77. The number of rotatable bonds is 3. The second-order valence-electron chi connectivity index (χ2n) is 6.78. The van der Waals surface area contributed by atoms with Crippen LogP contribution in [0.15, 0.2) is 48.7 Å². The van der Waals surface area contributed by atoms with E-state index >= 15 is 0 Å². The van der Waals surface area contributed by atoms with Crippen LogP contribution < -0.4 is 4.74 Å². The van der Waals surface area contributed by atoms with Crippen molar-refractivity contribution in [3.8, 4) is 16.9 Å². The van der Waals surface area contributed by atoms with Crippen molar-refractivity contribution < 1.29 is 14.3 Å². The first-order chi connectivity index (χ1) is 11.4. The molecular weight excluding hydrogens is 302 g/mol. The van der Waals surface area contributed by atoms with Gasteiger partial charge in [-0.05, 0) is 34.2 Å². The van der Waals surface area contributed by atoms with Gasteiger partial charge in [0.2, 0.25) is 6.29 Å². The number of fused-ring (bicyclic) bond motifs is 1. The van der Waals surface area contributed by atoms with E-state index in [1.54, 1.807) is 6.20 Å². The summed E-state index contributed by atoms with van der Waals surface area (Å²) in [6.07, 6.45) is 1.74. The molecule has 0 amide bonds. The number of H-pyrrole nitrogens is 1. The lowest BCUT2D eigenvalue weighted by atomic mass is 9.86. The Balaban J connectivity index is 1.94. The van der Waals surface area contributed by atoms with Gasteiger partial charge in [-0.1, -0.05) is 51.1 Å². The molecule has 0 radical (unpaired) electrons. The van der Waals surface area contributed by atoms with Gasteiger partial charge in [0.1, 0.15) is 0 Å². The van der Waals surface area contributed by atoms with Gasteiger partial charge >= 0.3 is 5.97 Å². The summed E-state index contributed by atoms with van der Waals surface area (Å²) in [7, 11) is 0. The quantitative estimate of drug-likeness (QED) is 0.446. The Morgan fingerprint density at radius 3 is 2.33 bits per heavy atom. The fourth-order valence-corrected chi connectivity index (χ4v) is 2.66. The van der Waals surface area contributed by atoms with Crippen LogP contribution in [0.4, 0.5) is 0 Å². The van der Waals surface area contributed by atoms with Crippen molar-refractivity contribution in [1.29, 1.82) is 0 Å². The normalized spacial score (nSPS) is 11.5. The molecule has 0 unspecified atom stereocenters. The predicted molar refractivity (Wildman–Crippen MR) is 94.1 cm³/mol. The summed E-state index contributed by atoms with van der Waals surface area (Å²) in [5, 5.41) is 0.764. The largest absolute Gasteiger partial charge is 0.419 e. The number of hydrogen-bond donors (Lipinski definition) is 1. The molecule has 3 rings (SSSR count). The molecule has 1 aromatic heterocycles. The monoisotopic (exact) mass is 321 g/mol. The van der Waals surface area contributed by atoms with E-state index in [9.17, 15) is 9.59 Å². The summed E-state index contributed by atoms with van der Waals surface area (Å²) in [5.74, 6) is -0.547. The van der Waals surface area contributed by atoms with Crippen LogP contribution in [0.2, 0.25) is 0 Å². The van der Waals surface area contributed by atoms with Crippen LogP contribution in [0.25, 0.3) is 22.0 Å². The Morgan fingerprint density at radius 2 is 1.71 bits per heavy atom. The lowest BCUT2D eigenvalue weighted by molar-refractivity contribution is -0.141. The number of benzene rings is 2. The zero-order chi connectivity index (χ0) is 17.3. The van der Waals surface area contributed by atoms with Crippen LogP contribution >= 0.6 is 0 Å². The summed E-state index contributed by atoms with van der Waals surface area (Å²) < 4.78 is 4.98. The number of carbonyl (C=O) groups is 2. The van der Waals surface area contributed by atoms with Gasteiger partial charge < -0.3 is 9.72 Å². The molecule has 0 fully saturated rings. The fraction of sp³-hybridized carbons (Fsp3) is 0.200. The number of nitrogens with one attached hydrogen (secondary N) is 1. The molecule has 2 aromatic carbocycles. The van der Waals surface area contributed by atoms with E-state index in [-0.39, 0.29) is 11.7 Å². The molecule has 0 bridgehead atoms. The van der Waals surface area contributed by atoms with Gasteiger partial charge in [-0.15, -0.1) is 0 Å². The van der Waals surface area contributed by atoms with Crippen molar-refractivity contribution in [1.82, 2.24) is 4.98 Å². The molecule has 3 aromatic rings. The maximum atomic E-state index is 11.1. The Labute approximate surface area is 140 Å². The van der Waals surface area contributed by atoms with Gasteiger partial charge in [0.25, 0.3) is 0 Å². The lowest BCUT2D eigenvalue weighted by Crippen LogP contribution is -2.10. The minimum Gasteiger partial charge on any atom is -0.419 e. The highest BCUT2D eigenvalue weighted by molar-refractivity contribution is 6.21. The van der Waals surface area contributed by atoms with Crippen LogP contribution in [0.1, 0.15) is 26.3 Å². The van der Waals surface area contributed by atoms with Gasteiger partial charge in [-0.3, -0.25) is 4.79 Å². The van der Waals surface area contributed by atoms with Crippen molar-refractivity contribution in [3.05, 3.63) is 54.2 Å². The Morgan fingerprint density at radius 1 is 1.04 bits per heavy atom. The SMILES string of the molecule is CC(C)(C)c1ccc(-c2ccc3c(OC(=O)C=O)c[nH]c3c2)cc1. The smallest absolute Gasteiger partial charge is 0.376 e. The third-order valence-corrected chi connectivity index (χ3v) is 4.03. The van der Waals surface area contributed by atoms with Crippen LogP contribution in [-0.2, 0) is 15.0 Å². The van der Waals surface area contributed by atoms with Crippen molar-refractivity contribution in [2.45, 2.75) is 26.2 Å². The summed E-state index contributed by atoms with van der Waals surface area (Å²) in [4.78, 5) is 24.6. The summed E-state index contributed by atoms with van der Waals surface area (Å²) >= 11 is 0. The van der Waals surface area contributed by atoms with Gasteiger partial charge in [-0.2, -0.15) is 0 Å². The highest BCUT2D eigenvalue weighted by Gasteiger charge is 2.14. The standard InChI is InChI=1S/C20H19NO3/c1-20(2,3)15-7-4-13(5-8-15)14-6-9-16-17(10-14)21-11-18(16)24-19(23)12-22/h4-12,21H,1-3H3. The average molecular weight is 321 g/mol. The Kier molecular flexibility index (Phi) is 3.97. The first kappa shape index (κ1) is 16.0. The minimum absolute atomic E-state index is 0.124. The molecule has 1 N–H and O–H groups in total. The van der Waals surface area contributed by atoms with Gasteiger partial charge in [0.05, 0.1) is 0 Å². The van der Waals surface area contributed by atoms with E-state index in [1.807, 2.05) is 18.2 Å². The van der Waals surface area contributed by atoms with Gasteiger partial charge in [0.15, 0.2) is 5.75 Å². The molecule has 0 saturated heterocycles. The molecular formula is C20H19NO3. The fourth-order valence-electron chi connectivity index (χ4n) is 2.66. The molecule has 0 aliphatic rings. The number of aromatic amines is 1. The molecule has 4 nitrogen and oxygen atoms in total.